The number of halogens is 5. The number of benzene rings is 2. The van der Waals surface area contributed by atoms with Crippen LogP contribution in [0.3, 0.4) is 0 Å². The van der Waals surface area contributed by atoms with E-state index in [2.05, 4.69) is 0 Å². The number of hydrogen-bond donors (Lipinski definition) is 0. The lowest BCUT2D eigenvalue weighted by molar-refractivity contribution is -0.137. The van der Waals surface area contributed by atoms with Gasteiger partial charge in [0.05, 0.1) is 21.2 Å². The Bertz CT molecular complexity index is 1040. The number of rotatable bonds is 3. The Morgan fingerprint density at radius 3 is 2.14 bits per heavy atom. The van der Waals surface area contributed by atoms with Crippen LogP contribution in [0.5, 0.6) is 0 Å². The molecule has 0 bridgehead atoms. The minimum absolute atomic E-state index is 0.0693. The van der Waals surface area contributed by atoms with E-state index in [1.807, 2.05) is 0 Å². The van der Waals surface area contributed by atoms with Crippen LogP contribution in [0.1, 0.15) is 15.9 Å². The molecule has 1 aliphatic heterocycles. The van der Waals surface area contributed by atoms with Gasteiger partial charge in [-0.2, -0.15) is 17.5 Å². The van der Waals surface area contributed by atoms with Gasteiger partial charge in [0.15, 0.2) is 0 Å². The smallest absolute Gasteiger partial charge is 0.336 e. The Labute approximate surface area is 175 Å². The summed E-state index contributed by atoms with van der Waals surface area (Å²) in [4.78, 5) is 13.4. The Balaban J connectivity index is 1.79. The van der Waals surface area contributed by atoms with E-state index in [-0.39, 0.29) is 42.1 Å². The monoisotopic (exact) mass is 466 g/mol. The molecule has 1 amide bonds. The molecular formula is C18H15Cl2F3N2O3S. The van der Waals surface area contributed by atoms with Crippen molar-refractivity contribution in [2.75, 3.05) is 26.2 Å². The highest BCUT2D eigenvalue weighted by molar-refractivity contribution is 7.89. The van der Waals surface area contributed by atoms with Crippen LogP contribution in [0.4, 0.5) is 13.2 Å². The Morgan fingerprint density at radius 2 is 1.55 bits per heavy atom. The molecule has 11 heteroatoms. The minimum atomic E-state index is -4.70. The fourth-order valence-corrected chi connectivity index (χ4v) is 5.09. The summed E-state index contributed by atoms with van der Waals surface area (Å²) in [5, 5.41) is -0.0177. The van der Waals surface area contributed by atoms with Crippen molar-refractivity contribution in [3.8, 4) is 0 Å². The third-order valence-electron chi connectivity index (χ3n) is 4.51. The van der Waals surface area contributed by atoms with E-state index in [1.165, 1.54) is 4.90 Å². The van der Waals surface area contributed by atoms with E-state index in [0.29, 0.717) is 11.6 Å². The third-order valence-corrected chi connectivity index (χ3v) is 7.22. The predicted molar refractivity (Wildman–Crippen MR) is 103 cm³/mol. The molecule has 0 aromatic heterocycles. The van der Waals surface area contributed by atoms with Crippen molar-refractivity contribution >= 4 is 39.1 Å². The highest BCUT2D eigenvalue weighted by atomic mass is 35.5. The summed E-state index contributed by atoms with van der Waals surface area (Å²) in [6.45, 7) is -0.0179. The molecule has 1 saturated heterocycles. The van der Waals surface area contributed by atoms with Gasteiger partial charge in [0.25, 0.3) is 5.91 Å². The summed E-state index contributed by atoms with van der Waals surface area (Å²) >= 11 is 11.9. The van der Waals surface area contributed by atoms with Gasteiger partial charge in [0, 0.05) is 26.2 Å². The van der Waals surface area contributed by atoms with Crippen molar-refractivity contribution in [1.82, 2.24) is 9.21 Å². The van der Waals surface area contributed by atoms with Gasteiger partial charge in [-0.05, 0) is 30.3 Å². The quantitative estimate of drug-likeness (QED) is 0.682. The van der Waals surface area contributed by atoms with E-state index in [4.69, 9.17) is 23.2 Å². The number of alkyl halides is 3. The maximum Gasteiger partial charge on any atom is 0.416 e. The number of sulfonamides is 1. The standard InChI is InChI=1S/C18H15Cl2F3N2O3S/c19-14-4-2-1-3-13(14)17(26)24-7-9-25(10-8-24)29(27,28)16-11-12(18(21,22)23)5-6-15(16)20/h1-6,11H,7-10H2. The number of piperazine rings is 1. The molecule has 5 nitrogen and oxygen atoms in total. The van der Waals surface area contributed by atoms with Crippen LogP contribution < -0.4 is 0 Å². The van der Waals surface area contributed by atoms with Crippen molar-refractivity contribution in [3.05, 3.63) is 63.6 Å². The summed E-state index contributed by atoms with van der Waals surface area (Å²) in [6, 6.07) is 8.65. The molecule has 3 rings (SSSR count). The lowest BCUT2D eigenvalue weighted by atomic mass is 10.2. The van der Waals surface area contributed by atoms with E-state index in [9.17, 15) is 26.4 Å². The van der Waals surface area contributed by atoms with E-state index >= 15 is 0 Å². The highest BCUT2D eigenvalue weighted by Gasteiger charge is 2.36. The van der Waals surface area contributed by atoms with E-state index in [1.54, 1.807) is 24.3 Å². The first kappa shape index (κ1) is 21.9. The molecule has 1 aliphatic rings. The van der Waals surface area contributed by atoms with Crippen molar-refractivity contribution in [2.24, 2.45) is 0 Å². The molecule has 2 aromatic carbocycles. The molecule has 1 heterocycles. The number of hydrogen-bond acceptors (Lipinski definition) is 3. The Morgan fingerprint density at radius 1 is 0.931 bits per heavy atom. The normalized spacial score (nSPS) is 16.1. The Hall–Kier alpha value is -1.81. The first-order valence-corrected chi connectivity index (χ1v) is 10.6. The lowest BCUT2D eigenvalue weighted by Crippen LogP contribution is -2.50. The fourth-order valence-electron chi connectivity index (χ4n) is 2.95. The molecule has 0 atom stereocenters. The largest absolute Gasteiger partial charge is 0.416 e. The number of carbonyl (C=O) groups excluding carboxylic acids is 1. The molecule has 0 saturated carbocycles. The molecule has 0 N–H and O–H groups in total. The van der Waals surface area contributed by atoms with Crippen LogP contribution >= 0.6 is 23.2 Å². The molecule has 0 radical (unpaired) electrons. The van der Waals surface area contributed by atoms with Gasteiger partial charge in [0.2, 0.25) is 10.0 Å². The summed E-state index contributed by atoms with van der Waals surface area (Å²) in [5.41, 5.74) is -0.806. The zero-order valence-electron chi connectivity index (χ0n) is 14.8. The van der Waals surface area contributed by atoms with Crippen molar-refractivity contribution in [2.45, 2.75) is 11.1 Å². The van der Waals surface area contributed by atoms with E-state index < -0.39 is 26.7 Å². The van der Waals surface area contributed by atoms with Crippen molar-refractivity contribution < 1.29 is 26.4 Å². The molecule has 0 unspecified atom stereocenters. The molecular weight excluding hydrogens is 452 g/mol. The maximum absolute atomic E-state index is 13.0. The SMILES string of the molecule is O=C(c1ccccc1Cl)N1CCN(S(=O)(=O)c2cc(C(F)(F)F)ccc2Cl)CC1. The summed E-state index contributed by atoms with van der Waals surface area (Å²) < 4.78 is 65.6. The molecule has 156 valence electrons. The van der Waals surface area contributed by atoms with Gasteiger partial charge in [-0.15, -0.1) is 0 Å². The zero-order valence-corrected chi connectivity index (χ0v) is 17.1. The second kappa shape index (κ2) is 8.14. The van der Waals surface area contributed by atoms with Crippen LogP contribution in [-0.2, 0) is 16.2 Å². The topological polar surface area (TPSA) is 57.7 Å². The van der Waals surface area contributed by atoms with Crippen LogP contribution in [0.25, 0.3) is 0 Å². The average molecular weight is 467 g/mol. The van der Waals surface area contributed by atoms with Gasteiger partial charge in [0.1, 0.15) is 4.90 Å². The van der Waals surface area contributed by atoms with Gasteiger partial charge in [-0.1, -0.05) is 35.3 Å². The average Bonchev–Trinajstić information content (AvgIpc) is 2.67. The van der Waals surface area contributed by atoms with Crippen LogP contribution in [-0.4, -0.2) is 49.7 Å². The van der Waals surface area contributed by atoms with Crippen molar-refractivity contribution in [3.63, 3.8) is 0 Å². The fraction of sp³-hybridized carbons (Fsp3) is 0.278. The second-order valence-electron chi connectivity index (χ2n) is 6.32. The van der Waals surface area contributed by atoms with Gasteiger partial charge in [-0.3, -0.25) is 4.79 Å². The summed E-state index contributed by atoms with van der Waals surface area (Å²) in [6.07, 6.45) is -4.70. The number of carbonyl (C=O) groups is 1. The van der Waals surface area contributed by atoms with Crippen LogP contribution in [0.2, 0.25) is 10.0 Å². The molecule has 0 aliphatic carbocycles. The third kappa shape index (κ3) is 4.53. The van der Waals surface area contributed by atoms with E-state index in [0.717, 1.165) is 16.4 Å². The summed E-state index contributed by atoms with van der Waals surface area (Å²) in [5.74, 6) is -0.343. The molecule has 29 heavy (non-hydrogen) atoms. The molecule has 0 spiro atoms. The first-order valence-electron chi connectivity index (χ1n) is 8.42. The van der Waals surface area contributed by atoms with Gasteiger partial charge in [-0.25, -0.2) is 8.42 Å². The van der Waals surface area contributed by atoms with Crippen molar-refractivity contribution in [1.29, 1.82) is 0 Å². The number of nitrogens with zero attached hydrogens (tertiary/aromatic N) is 2. The number of amides is 1. The molecule has 2 aromatic rings. The van der Waals surface area contributed by atoms with Crippen LogP contribution in [0.15, 0.2) is 47.4 Å². The van der Waals surface area contributed by atoms with Gasteiger partial charge >= 0.3 is 6.18 Å². The van der Waals surface area contributed by atoms with Gasteiger partial charge < -0.3 is 4.90 Å². The molecule has 1 fully saturated rings. The van der Waals surface area contributed by atoms with Crippen LogP contribution in [0, 0.1) is 0 Å². The predicted octanol–water partition coefficient (Wildman–Crippen LogP) is 4.16. The second-order valence-corrected chi connectivity index (χ2v) is 9.04. The maximum atomic E-state index is 13.0. The summed E-state index contributed by atoms with van der Waals surface area (Å²) in [7, 11) is -4.26. The lowest BCUT2D eigenvalue weighted by Gasteiger charge is -2.34. The Kier molecular flexibility index (Phi) is 6.14. The minimum Gasteiger partial charge on any atom is -0.336 e. The zero-order chi connectivity index (χ0) is 21.4. The highest BCUT2D eigenvalue weighted by Crippen LogP contribution is 2.34. The first-order chi connectivity index (χ1) is 13.5.